The minimum absolute atomic E-state index is 0.215. The van der Waals surface area contributed by atoms with Crippen LogP contribution in [0, 0.1) is 11.3 Å². The fourth-order valence-corrected chi connectivity index (χ4v) is 3.45. The lowest BCUT2D eigenvalue weighted by Crippen LogP contribution is -2.25. The number of nitrogens with two attached hydrogens (primary N) is 1. The van der Waals surface area contributed by atoms with Gasteiger partial charge in [-0.15, -0.1) is 0 Å². The summed E-state index contributed by atoms with van der Waals surface area (Å²) in [6.07, 6.45) is 6.62. The summed E-state index contributed by atoms with van der Waals surface area (Å²) in [6, 6.07) is 6.82. The quantitative estimate of drug-likeness (QED) is 0.865. The summed E-state index contributed by atoms with van der Waals surface area (Å²) in [5.74, 6) is -0.382. The zero-order valence-corrected chi connectivity index (χ0v) is 15.0. The molecule has 130 valence electrons. The van der Waals surface area contributed by atoms with Crippen LogP contribution >= 0.6 is 11.8 Å². The first-order valence-electron chi connectivity index (χ1n) is 7.75. The van der Waals surface area contributed by atoms with Gasteiger partial charge in [0.1, 0.15) is 17.3 Å². The van der Waals surface area contributed by atoms with Crippen molar-refractivity contribution in [1.29, 1.82) is 5.26 Å². The van der Waals surface area contributed by atoms with Gasteiger partial charge in [0.2, 0.25) is 0 Å². The van der Waals surface area contributed by atoms with Crippen molar-refractivity contribution in [1.82, 2.24) is 9.97 Å². The lowest BCUT2D eigenvalue weighted by molar-refractivity contribution is 0.102. The molecule has 7 nitrogen and oxygen atoms in total. The Kier molecular flexibility index (Phi) is 4.73. The van der Waals surface area contributed by atoms with Crippen molar-refractivity contribution in [2.75, 3.05) is 5.32 Å². The Morgan fingerprint density at radius 2 is 2.15 bits per heavy atom. The van der Waals surface area contributed by atoms with Crippen molar-refractivity contribution in [2.24, 2.45) is 10.7 Å². The molecule has 2 aromatic rings. The van der Waals surface area contributed by atoms with Gasteiger partial charge in [0.25, 0.3) is 5.91 Å². The van der Waals surface area contributed by atoms with Crippen molar-refractivity contribution in [3.63, 3.8) is 0 Å². The minimum Gasteiger partial charge on any atom is -0.378 e. The van der Waals surface area contributed by atoms with Crippen LogP contribution in [0.4, 0.5) is 5.69 Å². The molecule has 3 N–H and O–H groups in total. The Morgan fingerprint density at radius 3 is 2.81 bits per heavy atom. The molecule has 0 aliphatic carbocycles. The highest BCUT2D eigenvalue weighted by Gasteiger charge is 2.28. The molecule has 1 aliphatic heterocycles. The van der Waals surface area contributed by atoms with E-state index in [0.717, 1.165) is 10.5 Å². The van der Waals surface area contributed by atoms with E-state index in [2.05, 4.69) is 20.3 Å². The molecule has 0 bridgehead atoms. The first kappa shape index (κ1) is 17.6. The van der Waals surface area contributed by atoms with E-state index in [-0.39, 0.29) is 11.6 Å². The number of allylic oxidation sites excluding steroid dienone is 1. The number of hydrogen-bond donors (Lipinski definition) is 2. The molecule has 0 aromatic carbocycles. The Hall–Kier alpha value is -3.18. The summed E-state index contributed by atoms with van der Waals surface area (Å²) >= 11 is 1.42. The molecule has 1 atom stereocenters. The number of pyridine rings is 2. The van der Waals surface area contributed by atoms with Crippen molar-refractivity contribution >= 4 is 28.5 Å². The van der Waals surface area contributed by atoms with Crippen LogP contribution in [0.1, 0.15) is 35.5 Å². The highest BCUT2D eigenvalue weighted by atomic mass is 32.2. The number of amides is 1. The van der Waals surface area contributed by atoms with Crippen LogP contribution in [0.25, 0.3) is 0 Å². The lowest BCUT2D eigenvalue weighted by Gasteiger charge is -2.27. The number of aromatic nitrogens is 2. The highest BCUT2D eigenvalue weighted by Crippen LogP contribution is 2.36. The van der Waals surface area contributed by atoms with Gasteiger partial charge in [-0.1, -0.05) is 11.8 Å². The monoisotopic (exact) mass is 364 g/mol. The Balaban J connectivity index is 1.84. The van der Waals surface area contributed by atoms with Crippen molar-refractivity contribution < 1.29 is 4.79 Å². The van der Waals surface area contributed by atoms with Gasteiger partial charge in [0.15, 0.2) is 5.17 Å². The zero-order chi connectivity index (χ0) is 18.7. The van der Waals surface area contributed by atoms with Crippen molar-refractivity contribution in [3.05, 3.63) is 64.6 Å². The maximum absolute atomic E-state index is 12.3. The molecular weight excluding hydrogens is 348 g/mol. The van der Waals surface area contributed by atoms with Gasteiger partial charge in [-0.2, -0.15) is 5.26 Å². The van der Waals surface area contributed by atoms with E-state index >= 15 is 0 Å². The van der Waals surface area contributed by atoms with Crippen LogP contribution < -0.4 is 11.1 Å². The third-order valence-corrected chi connectivity index (χ3v) is 4.54. The van der Waals surface area contributed by atoms with E-state index in [1.54, 1.807) is 18.5 Å². The molecule has 1 amide bonds. The second kappa shape index (κ2) is 6.98. The zero-order valence-electron chi connectivity index (χ0n) is 14.2. The standard InChI is InChI=1S/C18H16N6OS/c1-11-6-18(2,24-17(20)26-11)13-5-14(10-21-9-13)23-16(25)15-4-3-12(7-19)8-22-15/h3-6,8-10H,1-2H3,(H2,20,24)(H,23,25)/t18-/m0/s1. The molecule has 0 radical (unpaired) electrons. The summed E-state index contributed by atoms with van der Waals surface area (Å²) in [5, 5.41) is 12.0. The molecule has 0 saturated carbocycles. The summed E-state index contributed by atoms with van der Waals surface area (Å²) < 4.78 is 0. The molecule has 0 unspecified atom stereocenters. The number of hydrogen-bond acceptors (Lipinski definition) is 7. The number of rotatable bonds is 3. The van der Waals surface area contributed by atoms with E-state index in [0.29, 0.717) is 16.4 Å². The van der Waals surface area contributed by atoms with E-state index in [4.69, 9.17) is 11.0 Å². The molecule has 3 heterocycles. The fourth-order valence-electron chi connectivity index (χ4n) is 2.60. The van der Waals surface area contributed by atoms with Crippen LogP contribution in [-0.2, 0) is 5.54 Å². The predicted octanol–water partition coefficient (Wildman–Crippen LogP) is 2.78. The molecule has 8 heteroatoms. The Morgan fingerprint density at radius 1 is 1.35 bits per heavy atom. The SMILES string of the molecule is CC1=C[C@@](C)(c2cncc(NC(=O)c3ccc(C#N)cn3)c2)N=C(N)S1. The minimum atomic E-state index is -0.639. The Labute approximate surface area is 155 Å². The van der Waals surface area contributed by atoms with E-state index in [1.165, 1.54) is 24.0 Å². The van der Waals surface area contributed by atoms with Gasteiger partial charge < -0.3 is 11.1 Å². The fraction of sp³-hybridized carbons (Fsp3) is 0.167. The summed E-state index contributed by atoms with van der Waals surface area (Å²) in [6.45, 7) is 3.91. The average molecular weight is 364 g/mol. The molecule has 2 aromatic heterocycles. The molecule has 0 spiro atoms. The van der Waals surface area contributed by atoms with E-state index < -0.39 is 5.54 Å². The van der Waals surface area contributed by atoms with Crippen LogP contribution in [0.15, 0.2) is 52.8 Å². The second-order valence-electron chi connectivity index (χ2n) is 5.91. The third-order valence-electron chi connectivity index (χ3n) is 3.80. The summed E-state index contributed by atoms with van der Waals surface area (Å²) in [4.78, 5) is 26.1. The van der Waals surface area contributed by atoms with Gasteiger partial charge in [0, 0.05) is 18.0 Å². The average Bonchev–Trinajstić information content (AvgIpc) is 2.61. The molecular formula is C18H16N6OS. The number of anilines is 1. The lowest BCUT2D eigenvalue weighted by atomic mass is 9.93. The molecule has 0 fully saturated rings. The van der Waals surface area contributed by atoms with Gasteiger partial charge in [-0.05, 0) is 43.0 Å². The van der Waals surface area contributed by atoms with Gasteiger partial charge in [0.05, 0.1) is 17.4 Å². The number of thioether (sulfide) groups is 1. The normalized spacial score (nSPS) is 19.1. The van der Waals surface area contributed by atoms with Gasteiger partial charge in [-0.25, -0.2) is 9.98 Å². The van der Waals surface area contributed by atoms with Crippen molar-refractivity contribution in [3.8, 4) is 6.07 Å². The molecule has 0 saturated heterocycles. The summed E-state index contributed by atoms with van der Waals surface area (Å²) in [7, 11) is 0. The van der Waals surface area contributed by atoms with E-state index in [1.807, 2.05) is 32.1 Å². The molecule has 1 aliphatic rings. The van der Waals surface area contributed by atoms with Gasteiger partial charge >= 0.3 is 0 Å². The number of nitrogens with zero attached hydrogens (tertiary/aromatic N) is 4. The van der Waals surface area contributed by atoms with Gasteiger partial charge in [-0.3, -0.25) is 9.78 Å². The number of nitrogens with one attached hydrogen (secondary N) is 1. The third kappa shape index (κ3) is 3.73. The topological polar surface area (TPSA) is 117 Å². The van der Waals surface area contributed by atoms with Crippen molar-refractivity contribution in [2.45, 2.75) is 19.4 Å². The number of aliphatic imine (C=N–C) groups is 1. The summed E-state index contributed by atoms with van der Waals surface area (Å²) in [5.41, 5.74) is 7.21. The second-order valence-corrected chi connectivity index (χ2v) is 7.18. The first-order valence-corrected chi connectivity index (χ1v) is 8.57. The number of amidine groups is 1. The van der Waals surface area contributed by atoms with Crippen LogP contribution in [0.3, 0.4) is 0 Å². The maximum atomic E-state index is 12.3. The smallest absolute Gasteiger partial charge is 0.274 e. The highest BCUT2D eigenvalue weighted by molar-refractivity contribution is 8.17. The number of carbonyl (C=O) groups is 1. The number of carbonyl (C=O) groups excluding carboxylic acids is 1. The van der Waals surface area contributed by atoms with Crippen LogP contribution in [0.2, 0.25) is 0 Å². The Bertz CT molecular complexity index is 940. The van der Waals surface area contributed by atoms with E-state index in [9.17, 15) is 4.79 Å². The van der Waals surface area contributed by atoms with Crippen LogP contribution in [0.5, 0.6) is 0 Å². The molecule has 26 heavy (non-hydrogen) atoms. The van der Waals surface area contributed by atoms with Crippen LogP contribution in [-0.4, -0.2) is 21.0 Å². The predicted molar refractivity (Wildman–Crippen MR) is 101 cm³/mol. The first-order chi connectivity index (χ1) is 12.4. The molecule has 3 rings (SSSR count). The number of nitriles is 1. The maximum Gasteiger partial charge on any atom is 0.274 e. The largest absolute Gasteiger partial charge is 0.378 e.